The topological polar surface area (TPSA) is 66.8 Å². The average Bonchev–Trinajstić information content (AvgIpc) is 2.28. The SMILES string of the molecule is CCC(C(=O)O)=C1CCN(C(=O)OC(C)(C)C)CC1. The van der Waals surface area contributed by atoms with Crippen LogP contribution in [0.15, 0.2) is 11.1 Å². The molecule has 0 aromatic heterocycles. The summed E-state index contributed by atoms with van der Waals surface area (Å²) in [5.41, 5.74) is 0.946. The third-order valence-electron chi connectivity index (χ3n) is 3.06. The summed E-state index contributed by atoms with van der Waals surface area (Å²) in [6.07, 6.45) is 1.44. The summed E-state index contributed by atoms with van der Waals surface area (Å²) in [6, 6.07) is 0. The Labute approximate surface area is 114 Å². The van der Waals surface area contributed by atoms with E-state index in [9.17, 15) is 9.59 Å². The third-order valence-corrected chi connectivity index (χ3v) is 3.06. The predicted molar refractivity (Wildman–Crippen MR) is 72.0 cm³/mol. The molecular weight excluding hydrogens is 246 g/mol. The second-order valence-electron chi connectivity index (χ2n) is 5.71. The Morgan fingerprint density at radius 2 is 1.79 bits per heavy atom. The second kappa shape index (κ2) is 6.08. The largest absolute Gasteiger partial charge is 0.478 e. The van der Waals surface area contributed by atoms with Crippen LogP contribution in [0.2, 0.25) is 0 Å². The van der Waals surface area contributed by atoms with Crippen LogP contribution in [0.1, 0.15) is 47.0 Å². The number of likely N-dealkylation sites (tertiary alicyclic amines) is 1. The molecule has 1 rings (SSSR count). The number of ether oxygens (including phenoxy) is 1. The van der Waals surface area contributed by atoms with Crippen LogP contribution in [0.4, 0.5) is 4.79 Å². The summed E-state index contributed by atoms with van der Waals surface area (Å²) in [5.74, 6) is -0.844. The quantitative estimate of drug-likeness (QED) is 0.783. The first-order valence-electron chi connectivity index (χ1n) is 6.66. The van der Waals surface area contributed by atoms with Gasteiger partial charge in [-0.2, -0.15) is 0 Å². The Morgan fingerprint density at radius 3 is 2.16 bits per heavy atom. The number of hydrogen-bond donors (Lipinski definition) is 1. The van der Waals surface area contributed by atoms with Crippen LogP contribution in [0.3, 0.4) is 0 Å². The average molecular weight is 269 g/mol. The molecule has 1 fully saturated rings. The summed E-state index contributed by atoms with van der Waals surface area (Å²) in [5, 5.41) is 9.09. The number of carbonyl (C=O) groups is 2. The molecular formula is C14H23NO4. The molecule has 5 nitrogen and oxygen atoms in total. The van der Waals surface area contributed by atoms with E-state index in [1.807, 2.05) is 27.7 Å². The first-order valence-corrected chi connectivity index (χ1v) is 6.66. The van der Waals surface area contributed by atoms with Crippen molar-refractivity contribution in [2.75, 3.05) is 13.1 Å². The first-order chi connectivity index (χ1) is 8.74. The number of carboxylic acid groups (broad SMARTS) is 1. The van der Waals surface area contributed by atoms with Gasteiger partial charge in [-0.05, 0) is 40.0 Å². The third kappa shape index (κ3) is 4.58. The molecule has 0 unspecified atom stereocenters. The highest BCUT2D eigenvalue weighted by Crippen LogP contribution is 2.23. The zero-order valence-electron chi connectivity index (χ0n) is 12.2. The van der Waals surface area contributed by atoms with Crippen molar-refractivity contribution in [3.8, 4) is 0 Å². The van der Waals surface area contributed by atoms with Crippen molar-refractivity contribution in [3.63, 3.8) is 0 Å². The molecule has 0 radical (unpaired) electrons. The molecule has 5 heteroatoms. The molecule has 1 amide bonds. The van der Waals surface area contributed by atoms with Crippen molar-refractivity contribution in [1.82, 2.24) is 4.90 Å². The van der Waals surface area contributed by atoms with Crippen molar-refractivity contribution < 1.29 is 19.4 Å². The predicted octanol–water partition coefficient (Wildman–Crippen LogP) is 2.81. The minimum Gasteiger partial charge on any atom is -0.478 e. The minimum absolute atomic E-state index is 0.320. The molecule has 108 valence electrons. The van der Waals surface area contributed by atoms with Crippen LogP contribution in [-0.2, 0) is 9.53 Å². The zero-order chi connectivity index (χ0) is 14.6. The summed E-state index contributed by atoms with van der Waals surface area (Å²) in [4.78, 5) is 24.6. The Morgan fingerprint density at radius 1 is 1.26 bits per heavy atom. The fraction of sp³-hybridized carbons (Fsp3) is 0.714. The highest BCUT2D eigenvalue weighted by molar-refractivity contribution is 5.87. The molecule has 1 N–H and O–H groups in total. The maximum atomic E-state index is 11.9. The highest BCUT2D eigenvalue weighted by atomic mass is 16.6. The number of rotatable bonds is 2. The first kappa shape index (κ1) is 15.5. The lowest BCUT2D eigenvalue weighted by atomic mass is 9.96. The van der Waals surface area contributed by atoms with E-state index >= 15 is 0 Å². The number of piperidine rings is 1. The molecule has 0 aliphatic carbocycles. The van der Waals surface area contributed by atoms with Crippen molar-refractivity contribution in [1.29, 1.82) is 0 Å². The maximum absolute atomic E-state index is 11.9. The molecule has 0 saturated carbocycles. The fourth-order valence-corrected chi connectivity index (χ4v) is 2.14. The summed E-state index contributed by atoms with van der Waals surface area (Å²) in [6.45, 7) is 8.40. The van der Waals surface area contributed by atoms with E-state index in [0.29, 0.717) is 37.9 Å². The molecule has 19 heavy (non-hydrogen) atoms. The number of nitrogens with zero attached hydrogens (tertiary/aromatic N) is 1. The Balaban J connectivity index is 2.63. The van der Waals surface area contributed by atoms with E-state index in [-0.39, 0.29) is 6.09 Å². The van der Waals surface area contributed by atoms with Crippen LogP contribution in [-0.4, -0.2) is 40.8 Å². The monoisotopic (exact) mass is 269 g/mol. The normalized spacial score (nSPS) is 16.2. The van der Waals surface area contributed by atoms with Crippen LogP contribution in [0.5, 0.6) is 0 Å². The van der Waals surface area contributed by atoms with Gasteiger partial charge in [-0.3, -0.25) is 0 Å². The van der Waals surface area contributed by atoms with Gasteiger partial charge >= 0.3 is 12.1 Å². The zero-order valence-corrected chi connectivity index (χ0v) is 12.2. The van der Waals surface area contributed by atoms with Crippen molar-refractivity contribution in [2.24, 2.45) is 0 Å². The number of amides is 1. The highest BCUT2D eigenvalue weighted by Gasteiger charge is 2.26. The van der Waals surface area contributed by atoms with Gasteiger partial charge in [0.05, 0.1) is 0 Å². The number of aliphatic carboxylic acids is 1. The molecule has 0 aromatic rings. The molecule has 0 atom stereocenters. The molecule has 1 saturated heterocycles. The van der Waals surface area contributed by atoms with Gasteiger partial charge < -0.3 is 14.7 Å². The molecule has 0 bridgehead atoms. The summed E-state index contributed by atoms with van der Waals surface area (Å²) < 4.78 is 5.30. The lowest BCUT2D eigenvalue weighted by Crippen LogP contribution is -2.40. The Hall–Kier alpha value is -1.52. The molecule has 0 aromatic carbocycles. The maximum Gasteiger partial charge on any atom is 0.410 e. The van der Waals surface area contributed by atoms with Crippen LogP contribution >= 0.6 is 0 Å². The lowest BCUT2D eigenvalue weighted by Gasteiger charge is -2.31. The van der Waals surface area contributed by atoms with E-state index in [2.05, 4.69) is 0 Å². The van der Waals surface area contributed by atoms with Gasteiger partial charge in [-0.25, -0.2) is 9.59 Å². The fourth-order valence-electron chi connectivity index (χ4n) is 2.14. The standard InChI is InChI=1S/C14H23NO4/c1-5-11(12(16)17)10-6-8-15(9-7-10)13(18)19-14(2,3)4/h5-9H2,1-4H3,(H,16,17). The van der Waals surface area contributed by atoms with Crippen LogP contribution in [0, 0.1) is 0 Å². The van der Waals surface area contributed by atoms with Gasteiger partial charge in [-0.1, -0.05) is 12.5 Å². The van der Waals surface area contributed by atoms with Gasteiger partial charge in [-0.15, -0.1) is 0 Å². The van der Waals surface area contributed by atoms with Gasteiger partial charge in [0.25, 0.3) is 0 Å². The van der Waals surface area contributed by atoms with Gasteiger partial charge in [0.2, 0.25) is 0 Å². The lowest BCUT2D eigenvalue weighted by molar-refractivity contribution is -0.132. The van der Waals surface area contributed by atoms with E-state index in [1.54, 1.807) is 4.90 Å². The Bertz CT molecular complexity index is 383. The van der Waals surface area contributed by atoms with E-state index in [0.717, 1.165) is 5.57 Å². The Kier molecular flexibility index (Phi) is 4.97. The van der Waals surface area contributed by atoms with E-state index < -0.39 is 11.6 Å². The van der Waals surface area contributed by atoms with Gasteiger partial charge in [0.1, 0.15) is 5.60 Å². The molecule has 1 aliphatic rings. The van der Waals surface area contributed by atoms with E-state index in [1.165, 1.54) is 0 Å². The van der Waals surface area contributed by atoms with E-state index in [4.69, 9.17) is 9.84 Å². The number of hydrogen-bond acceptors (Lipinski definition) is 3. The summed E-state index contributed by atoms with van der Waals surface area (Å²) in [7, 11) is 0. The second-order valence-corrected chi connectivity index (χ2v) is 5.71. The van der Waals surface area contributed by atoms with Crippen molar-refractivity contribution in [2.45, 2.75) is 52.6 Å². The van der Waals surface area contributed by atoms with Gasteiger partial charge in [0, 0.05) is 18.7 Å². The smallest absolute Gasteiger partial charge is 0.410 e. The number of carboxylic acids is 1. The van der Waals surface area contributed by atoms with Crippen LogP contribution < -0.4 is 0 Å². The van der Waals surface area contributed by atoms with Crippen molar-refractivity contribution >= 4 is 12.1 Å². The van der Waals surface area contributed by atoms with Gasteiger partial charge in [0.15, 0.2) is 0 Å². The number of carbonyl (C=O) groups excluding carboxylic acids is 1. The minimum atomic E-state index is -0.844. The van der Waals surface area contributed by atoms with Crippen molar-refractivity contribution in [3.05, 3.63) is 11.1 Å². The molecule has 1 aliphatic heterocycles. The summed E-state index contributed by atoms with van der Waals surface area (Å²) >= 11 is 0. The van der Waals surface area contributed by atoms with Crippen LogP contribution in [0.25, 0.3) is 0 Å². The molecule has 1 heterocycles. The molecule has 0 spiro atoms.